The van der Waals surface area contributed by atoms with Crippen LogP contribution < -0.4 is 0 Å². The molecule has 0 aromatic rings. The lowest BCUT2D eigenvalue weighted by Crippen LogP contribution is -2.50. The Labute approximate surface area is 108 Å². The molecule has 1 amide bonds. The summed E-state index contributed by atoms with van der Waals surface area (Å²) < 4.78 is 5.36. The molecule has 0 saturated carbocycles. The van der Waals surface area contributed by atoms with E-state index >= 15 is 0 Å². The normalized spacial score (nSPS) is 25.9. The highest BCUT2D eigenvalue weighted by atomic mass is 35.5. The van der Waals surface area contributed by atoms with Crippen LogP contribution in [0.5, 0.6) is 0 Å². The predicted molar refractivity (Wildman–Crippen MR) is 67.3 cm³/mol. The standard InChI is InChI=1S/C12H21ClN2O2/c1-10(13)12(16)15-4-2-11(3-5-15)14-6-8-17-9-7-14/h10-11H,2-9H2,1H3/t10-/m0/s1. The summed E-state index contributed by atoms with van der Waals surface area (Å²) in [7, 11) is 0. The number of morpholine rings is 1. The highest BCUT2D eigenvalue weighted by molar-refractivity contribution is 6.30. The van der Waals surface area contributed by atoms with Gasteiger partial charge in [0.25, 0.3) is 0 Å². The smallest absolute Gasteiger partial charge is 0.240 e. The van der Waals surface area contributed by atoms with Crippen molar-refractivity contribution in [1.29, 1.82) is 0 Å². The Morgan fingerprint density at radius 3 is 2.35 bits per heavy atom. The number of piperidine rings is 1. The summed E-state index contributed by atoms with van der Waals surface area (Å²) in [6.07, 6.45) is 2.13. The van der Waals surface area contributed by atoms with Gasteiger partial charge >= 0.3 is 0 Å². The monoisotopic (exact) mass is 260 g/mol. The van der Waals surface area contributed by atoms with Gasteiger partial charge in [-0.05, 0) is 19.8 Å². The highest BCUT2D eigenvalue weighted by Crippen LogP contribution is 2.18. The maximum atomic E-state index is 11.7. The fourth-order valence-corrected chi connectivity index (χ4v) is 2.78. The van der Waals surface area contributed by atoms with Crippen molar-refractivity contribution < 1.29 is 9.53 Å². The molecule has 0 aliphatic carbocycles. The van der Waals surface area contributed by atoms with Gasteiger partial charge < -0.3 is 9.64 Å². The summed E-state index contributed by atoms with van der Waals surface area (Å²) in [6.45, 7) is 7.19. The van der Waals surface area contributed by atoms with Crippen molar-refractivity contribution in [2.45, 2.75) is 31.2 Å². The molecule has 98 valence electrons. The van der Waals surface area contributed by atoms with E-state index in [4.69, 9.17) is 16.3 Å². The Kier molecular flexibility index (Phi) is 4.65. The van der Waals surface area contributed by atoms with Crippen molar-refractivity contribution in [3.63, 3.8) is 0 Å². The van der Waals surface area contributed by atoms with Gasteiger partial charge in [0.1, 0.15) is 5.38 Å². The molecule has 4 nitrogen and oxygen atoms in total. The largest absolute Gasteiger partial charge is 0.379 e. The van der Waals surface area contributed by atoms with E-state index in [0.29, 0.717) is 6.04 Å². The van der Waals surface area contributed by atoms with E-state index in [-0.39, 0.29) is 5.91 Å². The molecule has 1 atom stereocenters. The van der Waals surface area contributed by atoms with Crippen molar-refractivity contribution in [2.24, 2.45) is 0 Å². The summed E-state index contributed by atoms with van der Waals surface area (Å²) in [5.41, 5.74) is 0. The molecule has 5 heteroatoms. The number of nitrogens with zero attached hydrogens (tertiary/aromatic N) is 2. The highest BCUT2D eigenvalue weighted by Gasteiger charge is 2.28. The third kappa shape index (κ3) is 3.33. The Hall–Kier alpha value is -0.320. The number of ether oxygens (including phenoxy) is 1. The molecule has 2 rings (SSSR count). The van der Waals surface area contributed by atoms with Crippen LogP contribution in [0.4, 0.5) is 0 Å². The van der Waals surface area contributed by atoms with E-state index in [1.54, 1.807) is 6.92 Å². The molecule has 2 aliphatic heterocycles. The Bertz CT molecular complexity index is 259. The first-order valence-electron chi connectivity index (χ1n) is 6.43. The van der Waals surface area contributed by atoms with Crippen LogP contribution in [0.25, 0.3) is 0 Å². The molecule has 2 fully saturated rings. The summed E-state index contributed by atoms with van der Waals surface area (Å²) in [5.74, 6) is 0.0760. The average molecular weight is 261 g/mol. The first-order chi connectivity index (χ1) is 8.18. The number of rotatable bonds is 2. The molecule has 0 bridgehead atoms. The molecule has 0 aromatic heterocycles. The molecule has 17 heavy (non-hydrogen) atoms. The zero-order valence-electron chi connectivity index (χ0n) is 10.4. The van der Waals surface area contributed by atoms with Gasteiger partial charge in [0.2, 0.25) is 5.91 Å². The second-order valence-corrected chi connectivity index (χ2v) is 5.48. The third-order valence-electron chi connectivity index (χ3n) is 3.68. The van der Waals surface area contributed by atoms with Crippen molar-refractivity contribution in [2.75, 3.05) is 39.4 Å². The zero-order valence-corrected chi connectivity index (χ0v) is 11.2. The topological polar surface area (TPSA) is 32.8 Å². The van der Waals surface area contributed by atoms with E-state index < -0.39 is 5.38 Å². The SMILES string of the molecule is C[C@H](Cl)C(=O)N1CCC(N2CCOCC2)CC1. The second kappa shape index (κ2) is 6.03. The van der Waals surface area contributed by atoms with Gasteiger partial charge in [0.05, 0.1) is 13.2 Å². The van der Waals surface area contributed by atoms with Gasteiger partial charge in [0, 0.05) is 32.2 Å². The van der Waals surface area contributed by atoms with Crippen molar-refractivity contribution in [3.8, 4) is 0 Å². The number of hydrogen-bond donors (Lipinski definition) is 0. The van der Waals surface area contributed by atoms with Gasteiger partial charge in [-0.3, -0.25) is 9.69 Å². The fraction of sp³-hybridized carbons (Fsp3) is 0.917. The van der Waals surface area contributed by atoms with E-state index in [1.165, 1.54) is 0 Å². The van der Waals surface area contributed by atoms with E-state index in [9.17, 15) is 4.79 Å². The van der Waals surface area contributed by atoms with Crippen LogP contribution in [-0.2, 0) is 9.53 Å². The Morgan fingerprint density at radius 1 is 1.24 bits per heavy atom. The van der Waals surface area contributed by atoms with E-state index in [0.717, 1.165) is 52.2 Å². The molecule has 2 heterocycles. The molecular formula is C12H21ClN2O2. The van der Waals surface area contributed by atoms with Crippen molar-refractivity contribution in [3.05, 3.63) is 0 Å². The minimum atomic E-state index is -0.394. The van der Waals surface area contributed by atoms with Crippen molar-refractivity contribution >= 4 is 17.5 Å². The Balaban J connectivity index is 1.79. The maximum absolute atomic E-state index is 11.7. The lowest BCUT2D eigenvalue weighted by atomic mass is 10.0. The van der Waals surface area contributed by atoms with Crippen LogP contribution >= 0.6 is 11.6 Å². The molecule has 0 aromatic carbocycles. The number of likely N-dealkylation sites (tertiary alicyclic amines) is 1. The van der Waals surface area contributed by atoms with E-state index in [1.807, 2.05) is 4.90 Å². The van der Waals surface area contributed by atoms with Gasteiger partial charge in [-0.2, -0.15) is 0 Å². The first-order valence-corrected chi connectivity index (χ1v) is 6.87. The molecule has 0 radical (unpaired) electrons. The molecule has 0 unspecified atom stereocenters. The first kappa shape index (κ1) is 13.1. The lowest BCUT2D eigenvalue weighted by Gasteiger charge is -2.40. The number of amides is 1. The fourth-order valence-electron chi connectivity index (χ4n) is 2.65. The summed E-state index contributed by atoms with van der Waals surface area (Å²) >= 11 is 5.83. The number of carbonyl (C=O) groups is 1. The Morgan fingerprint density at radius 2 is 1.82 bits per heavy atom. The molecule has 2 aliphatic rings. The van der Waals surface area contributed by atoms with Gasteiger partial charge in [-0.25, -0.2) is 0 Å². The lowest BCUT2D eigenvalue weighted by molar-refractivity contribution is -0.132. The molecular weight excluding hydrogens is 240 g/mol. The summed E-state index contributed by atoms with van der Waals surface area (Å²) in [5, 5.41) is -0.394. The summed E-state index contributed by atoms with van der Waals surface area (Å²) in [6, 6.07) is 0.619. The van der Waals surface area contributed by atoms with Gasteiger partial charge in [-0.15, -0.1) is 11.6 Å². The number of hydrogen-bond acceptors (Lipinski definition) is 3. The predicted octanol–water partition coefficient (Wildman–Crippen LogP) is 0.937. The van der Waals surface area contributed by atoms with Crippen molar-refractivity contribution in [1.82, 2.24) is 9.80 Å². The van der Waals surface area contributed by atoms with Crippen LogP contribution in [0.15, 0.2) is 0 Å². The van der Waals surface area contributed by atoms with Gasteiger partial charge in [0.15, 0.2) is 0 Å². The minimum absolute atomic E-state index is 0.0760. The van der Waals surface area contributed by atoms with Crippen LogP contribution in [-0.4, -0.2) is 66.5 Å². The van der Waals surface area contributed by atoms with Crippen LogP contribution in [0.1, 0.15) is 19.8 Å². The molecule has 2 saturated heterocycles. The summed E-state index contributed by atoms with van der Waals surface area (Å²) in [4.78, 5) is 16.1. The second-order valence-electron chi connectivity index (χ2n) is 4.82. The number of halogens is 1. The van der Waals surface area contributed by atoms with Crippen LogP contribution in [0.3, 0.4) is 0 Å². The van der Waals surface area contributed by atoms with Gasteiger partial charge in [-0.1, -0.05) is 0 Å². The maximum Gasteiger partial charge on any atom is 0.240 e. The quantitative estimate of drug-likeness (QED) is 0.693. The molecule has 0 N–H and O–H groups in total. The number of carbonyl (C=O) groups excluding carboxylic acids is 1. The number of alkyl halides is 1. The van der Waals surface area contributed by atoms with E-state index in [2.05, 4.69) is 4.90 Å². The minimum Gasteiger partial charge on any atom is -0.379 e. The van der Waals surface area contributed by atoms with Crippen LogP contribution in [0.2, 0.25) is 0 Å². The zero-order chi connectivity index (χ0) is 12.3. The van der Waals surface area contributed by atoms with Crippen LogP contribution in [0, 0.1) is 0 Å². The average Bonchev–Trinajstić information content (AvgIpc) is 2.39. The third-order valence-corrected chi connectivity index (χ3v) is 3.87. The molecule has 0 spiro atoms.